The summed E-state index contributed by atoms with van der Waals surface area (Å²) >= 11 is 0. The summed E-state index contributed by atoms with van der Waals surface area (Å²) in [4.78, 5) is 0. The van der Waals surface area contributed by atoms with Crippen LogP contribution < -0.4 is 10.5 Å². The van der Waals surface area contributed by atoms with Gasteiger partial charge in [0.1, 0.15) is 11.9 Å². The molecule has 0 aromatic heterocycles. The van der Waals surface area contributed by atoms with E-state index in [-0.39, 0.29) is 12.1 Å². The van der Waals surface area contributed by atoms with E-state index in [2.05, 4.69) is 32.1 Å². The zero-order valence-corrected chi connectivity index (χ0v) is 11.8. The number of fused-ring (bicyclic) bond motifs is 1. The minimum absolute atomic E-state index is 0.122. The standard InChI is InChI=1S/C17H23NO/c1-11-7-12(2)9-13(8-11)17-10-15(18)14-5-3-4-6-16(14)19-17/h3-7,11,13,15,17H,8-10,18H2,1-2H3/t11?,13?,15-,17?/m0/s1. The second-order valence-corrected chi connectivity index (χ2v) is 6.23. The molecule has 0 spiro atoms. The minimum atomic E-state index is 0.122. The van der Waals surface area contributed by atoms with Gasteiger partial charge in [-0.15, -0.1) is 0 Å². The van der Waals surface area contributed by atoms with E-state index in [1.807, 2.05) is 12.1 Å². The molecule has 1 heterocycles. The number of para-hydroxylation sites is 1. The van der Waals surface area contributed by atoms with E-state index in [0.29, 0.717) is 11.8 Å². The first-order valence-corrected chi connectivity index (χ1v) is 7.32. The molecule has 2 N–H and O–H groups in total. The van der Waals surface area contributed by atoms with Gasteiger partial charge in [-0.1, -0.05) is 36.8 Å². The van der Waals surface area contributed by atoms with Crippen molar-refractivity contribution in [2.45, 2.75) is 45.3 Å². The fourth-order valence-corrected chi connectivity index (χ4v) is 3.65. The van der Waals surface area contributed by atoms with E-state index in [9.17, 15) is 0 Å². The van der Waals surface area contributed by atoms with E-state index in [0.717, 1.165) is 24.2 Å². The lowest BCUT2D eigenvalue weighted by Crippen LogP contribution is -2.37. The Hall–Kier alpha value is -1.28. The summed E-state index contributed by atoms with van der Waals surface area (Å²) in [5, 5.41) is 0. The van der Waals surface area contributed by atoms with Crippen LogP contribution in [0.15, 0.2) is 35.9 Å². The molecule has 2 nitrogen and oxygen atoms in total. The minimum Gasteiger partial charge on any atom is -0.490 e. The van der Waals surface area contributed by atoms with Crippen molar-refractivity contribution in [3.63, 3.8) is 0 Å². The van der Waals surface area contributed by atoms with Crippen molar-refractivity contribution in [2.24, 2.45) is 17.6 Å². The monoisotopic (exact) mass is 257 g/mol. The zero-order valence-electron chi connectivity index (χ0n) is 11.8. The molecule has 0 radical (unpaired) electrons. The number of rotatable bonds is 1. The first kappa shape index (κ1) is 12.7. The third-order valence-electron chi connectivity index (χ3n) is 4.44. The van der Waals surface area contributed by atoms with Crippen LogP contribution in [0.1, 0.15) is 44.7 Å². The largest absolute Gasteiger partial charge is 0.490 e. The maximum Gasteiger partial charge on any atom is 0.124 e. The summed E-state index contributed by atoms with van der Waals surface area (Å²) in [6, 6.07) is 8.33. The van der Waals surface area contributed by atoms with E-state index in [4.69, 9.17) is 10.5 Å². The van der Waals surface area contributed by atoms with Gasteiger partial charge >= 0.3 is 0 Å². The van der Waals surface area contributed by atoms with Crippen LogP contribution in [0.3, 0.4) is 0 Å². The average molecular weight is 257 g/mol. The van der Waals surface area contributed by atoms with E-state index in [1.165, 1.54) is 12.0 Å². The summed E-state index contributed by atoms with van der Waals surface area (Å²) in [5.74, 6) is 2.27. The van der Waals surface area contributed by atoms with Gasteiger partial charge < -0.3 is 10.5 Å². The van der Waals surface area contributed by atoms with Crippen LogP contribution in [0.2, 0.25) is 0 Å². The van der Waals surface area contributed by atoms with Crippen molar-refractivity contribution in [1.82, 2.24) is 0 Å². The fraction of sp³-hybridized carbons (Fsp3) is 0.529. The van der Waals surface area contributed by atoms with Crippen LogP contribution in [0, 0.1) is 11.8 Å². The molecule has 0 saturated heterocycles. The Morgan fingerprint density at radius 2 is 2.00 bits per heavy atom. The van der Waals surface area contributed by atoms with Gasteiger partial charge in [-0.3, -0.25) is 0 Å². The summed E-state index contributed by atoms with van der Waals surface area (Å²) in [5.41, 5.74) is 8.98. The molecule has 0 amide bonds. The maximum absolute atomic E-state index is 6.32. The van der Waals surface area contributed by atoms with E-state index >= 15 is 0 Å². The third kappa shape index (κ3) is 2.55. The highest BCUT2D eigenvalue weighted by Gasteiger charge is 2.33. The number of allylic oxidation sites excluding steroid dienone is 2. The first-order valence-electron chi connectivity index (χ1n) is 7.32. The summed E-state index contributed by atoms with van der Waals surface area (Å²) in [6.07, 6.45) is 5.99. The number of hydrogen-bond donors (Lipinski definition) is 1. The molecule has 3 rings (SSSR count). The molecular formula is C17H23NO. The molecule has 1 aromatic carbocycles. The Kier molecular flexibility index (Phi) is 3.36. The van der Waals surface area contributed by atoms with E-state index in [1.54, 1.807) is 0 Å². The Labute approximate surface area is 115 Å². The molecule has 1 aromatic rings. The molecule has 1 aliphatic carbocycles. The van der Waals surface area contributed by atoms with Gasteiger partial charge in [0.15, 0.2) is 0 Å². The summed E-state index contributed by atoms with van der Waals surface area (Å²) < 4.78 is 6.23. The van der Waals surface area contributed by atoms with Crippen LogP contribution in [-0.4, -0.2) is 6.10 Å². The molecule has 0 bridgehead atoms. The molecule has 4 atom stereocenters. The van der Waals surface area contributed by atoms with Crippen molar-refractivity contribution in [3.8, 4) is 5.75 Å². The zero-order chi connectivity index (χ0) is 13.4. The first-order chi connectivity index (χ1) is 9.13. The van der Waals surface area contributed by atoms with Gasteiger partial charge in [0.25, 0.3) is 0 Å². The van der Waals surface area contributed by atoms with Crippen molar-refractivity contribution in [2.75, 3.05) is 0 Å². The van der Waals surface area contributed by atoms with Gasteiger partial charge in [-0.2, -0.15) is 0 Å². The maximum atomic E-state index is 6.32. The summed E-state index contributed by atoms with van der Waals surface area (Å²) in [6.45, 7) is 4.53. The normalized spacial score (nSPS) is 34.2. The van der Waals surface area contributed by atoms with Crippen LogP contribution in [-0.2, 0) is 0 Å². The predicted octanol–water partition coefficient (Wildman–Crippen LogP) is 3.83. The van der Waals surface area contributed by atoms with Crippen molar-refractivity contribution in [1.29, 1.82) is 0 Å². The molecule has 0 saturated carbocycles. The summed E-state index contributed by atoms with van der Waals surface area (Å²) in [7, 11) is 0. The van der Waals surface area contributed by atoms with Gasteiger partial charge in [0, 0.05) is 23.9 Å². The lowest BCUT2D eigenvalue weighted by atomic mass is 9.78. The third-order valence-corrected chi connectivity index (χ3v) is 4.44. The van der Waals surface area contributed by atoms with Crippen LogP contribution >= 0.6 is 0 Å². The lowest BCUT2D eigenvalue weighted by Gasteiger charge is -2.37. The molecule has 1 aliphatic heterocycles. The van der Waals surface area contributed by atoms with Crippen molar-refractivity contribution in [3.05, 3.63) is 41.5 Å². The molecule has 0 fully saturated rings. The number of benzene rings is 1. The Morgan fingerprint density at radius 1 is 1.21 bits per heavy atom. The fourth-order valence-electron chi connectivity index (χ4n) is 3.65. The lowest BCUT2D eigenvalue weighted by molar-refractivity contribution is 0.0858. The molecule has 102 valence electrons. The molecular weight excluding hydrogens is 234 g/mol. The number of nitrogens with two attached hydrogens (primary N) is 1. The molecule has 19 heavy (non-hydrogen) atoms. The van der Waals surface area contributed by atoms with Crippen LogP contribution in [0.4, 0.5) is 0 Å². The van der Waals surface area contributed by atoms with E-state index < -0.39 is 0 Å². The van der Waals surface area contributed by atoms with Crippen molar-refractivity contribution < 1.29 is 4.74 Å². The number of ether oxygens (including phenoxy) is 1. The van der Waals surface area contributed by atoms with Gasteiger partial charge in [0.2, 0.25) is 0 Å². The smallest absolute Gasteiger partial charge is 0.124 e. The molecule has 2 heteroatoms. The second kappa shape index (κ2) is 5.01. The quantitative estimate of drug-likeness (QED) is 0.776. The molecule has 3 unspecified atom stereocenters. The van der Waals surface area contributed by atoms with Gasteiger partial charge in [0.05, 0.1) is 0 Å². The van der Waals surface area contributed by atoms with Crippen LogP contribution in [0.5, 0.6) is 5.75 Å². The highest BCUT2D eigenvalue weighted by atomic mass is 16.5. The van der Waals surface area contributed by atoms with Crippen molar-refractivity contribution >= 4 is 0 Å². The highest BCUT2D eigenvalue weighted by molar-refractivity contribution is 5.37. The highest BCUT2D eigenvalue weighted by Crippen LogP contribution is 2.40. The second-order valence-electron chi connectivity index (χ2n) is 6.23. The molecule has 2 aliphatic rings. The Balaban J connectivity index is 1.80. The Morgan fingerprint density at radius 3 is 2.79 bits per heavy atom. The average Bonchev–Trinajstić information content (AvgIpc) is 2.37. The SMILES string of the molecule is CC1=CC(C)CC(C2C[C@H](N)c3ccccc3O2)C1. The predicted molar refractivity (Wildman–Crippen MR) is 78.0 cm³/mol. The van der Waals surface area contributed by atoms with Gasteiger partial charge in [-0.25, -0.2) is 0 Å². The Bertz CT molecular complexity index is 494. The van der Waals surface area contributed by atoms with Gasteiger partial charge in [-0.05, 0) is 31.7 Å². The number of hydrogen-bond acceptors (Lipinski definition) is 2. The topological polar surface area (TPSA) is 35.2 Å². The van der Waals surface area contributed by atoms with Crippen LogP contribution in [0.25, 0.3) is 0 Å².